The zero-order chi connectivity index (χ0) is 15.5. The van der Waals surface area contributed by atoms with Crippen LogP contribution < -0.4 is 0 Å². The number of benzene rings is 1. The predicted octanol–water partition coefficient (Wildman–Crippen LogP) is 4.59. The molecule has 3 rings (SSSR count). The van der Waals surface area contributed by atoms with Crippen molar-refractivity contribution >= 4 is 22.8 Å². The first-order valence-corrected chi connectivity index (χ1v) is 7.33. The molecule has 3 nitrogen and oxygen atoms in total. The van der Waals surface area contributed by atoms with Crippen LogP contribution in [-0.4, -0.2) is 10.8 Å². The third kappa shape index (κ3) is 2.70. The molecule has 22 heavy (non-hydrogen) atoms. The van der Waals surface area contributed by atoms with E-state index in [1.165, 1.54) is 0 Å². The summed E-state index contributed by atoms with van der Waals surface area (Å²) in [7, 11) is 0. The second-order valence-corrected chi connectivity index (χ2v) is 5.25. The second-order valence-electron chi connectivity index (χ2n) is 5.25. The van der Waals surface area contributed by atoms with Gasteiger partial charge in [-0.2, -0.15) is 0 Å². The van der Waals surface area contributed by atoms with Crippen molar-refractivity contribution in [3.05, 3.63) is 71.3 Å². The summed E-state index contributed by atoms with van der Waals surface area (Å²) in [6.07, 6.45) is 7.48. The molecule has 0 saturated carbocycles. The lowest BCUT2D eigenvalue weighted by Crippen LogP contribution is -1.96. The molecule has 3 heteroatoms. The molecule has 0 aliphatic rings. The Morgan fingerprint density at radius 3 is 2.91 bits per heavy atom. The third-order valence-electron chi connectivity index (χ3n) is 3.64. The number of allylic oxidation sites excluding steroid dienone is 1. The fourth-order valence-corrected chi connectivity index (χ4v) is 2.53. The number of aryl methyl sites for hydroxylation is 2. The molecule has 0 aliphatic heterocycles. The fraction of sp³-hybridized carbons (Fsp3) is 0.158. The molecule has 0 aliphatic carbocycles. The highest BCUT2D eigenvalue weighted by molar-refractivity contribution is 6.08. The highest BCUT2D eigenvalue weighted by atomic mass is 16.3. The molecule has 2 aromatic heterocycles. The minimum absolute atomic E-state index is 0.116. The van der Waals surface area contributed by atoms with Crippen LogP contribution in [0.1, 0.15) is 34.2 Å². The standard InChI is InChI=1S/C19H17NO2/c1-3-15-16-11-13(2)6-9-18(16)22-19(15)17(21)8-7-14-5-4-10-20-12-14/h4-12H,3H2,1-2H3/b8-7-. The van der Waals surface area contributed by atoms with Crippen LogP contribution >= 0.6 is 0 Å². The summed E-state index contributed by atoms with van der Waals surface area (Å²) in [6.45, 7) is 4.07. The summed E-state index contributed by atoms with van der Waals surface area (Å²) in [5, 5.41) is 1.03. The van der Waals surface area contributed by atoms with Crippen LogP contribution in [-0.2, 0) is 6.42 Å². The molecule has 0 fully saturated rings. The number of pyridine rings is 1. The van der Waals surface area contributed by atoms with Crippen molar-refractivity contribution in [3.63, 3.8) is 0 Å². The van der Waals surface area contributed by atoms with Crippen LogP contribution in [0.2, 0.25) is 0 Å². The van der Waals surface area contributed by atoms with Gasteiger partial charge in [-0.15, -0.1) is 0 Å². The van der Waals surface area contributed by atoms with Crippen molar-refractivity contribution in [2.75, 3.05) is 0 Å². The monoisotopic (exact) mass is 291 g/mol. The molecule has 1 aromatic carbocycles. The number of hydrogen-bond acceptors (Lipinski definition) is 3. The molecule has 0 N–H and O–H groups in total. The SMILES string of the molecule is CCc1c(C(=O)/C=C\c2cccnc2)oc2ccc(C)cc12. The zero-order valence-electron chi connectivity index (χ0n) is 12.7. The molecular formula is C19H17NO2. The highest BCUT2D eigenvalue weighted by Gasteiger charge is 2.17. The van der Waals surface area contributed by atoms with E-state index in [0.29, 0.717) is 5.76 Å². The first-order valence-electron chi connectivity index (χ1n) is 7.33. The molecule has 0 unspecified atom stereocenters. The maximum Gasteiger partial charge on any atom is 0.221 e. The Labute approximate surface area is 129 Å². The first-order chi connectivity index (χ1) is 10.7. The van der Waals surface area contributed by atoms with E-state index in [2.05, 4.69) is 11.1 Å². The summed E-state index contributed by atoms with van der Waals surface area (Å²) in [5.41, 5.74) is 3.79. The van der Waals surface area contributed by atoms with Gasteiger partial charge in [0.2, 0.25) is 5.78 Å². The van der Waals surface area contributed by atoms with Crippen LogP contribution in [0, 0.1) is 6.92 Å². The number of aromatic nitrogens is 1. The lowest BCUT2D eigenvalue weighted by molar-refractivity contribution is 0.102. The van der Waals surface area contributed by atoms with Crippen molar-refractivity contribution < 1.29 is 9.21 Å². The van der Waals surface area contributed by atoms with Gasteiger partial charge >= 0.3 is 0 Å². The van der Waals surface area contributed by atoms with E-state index in [9.17, 15) is 4.79 Å². The fourth-order valence-electron chi connectivity index (χ4n) is 2.53. The van der Waals surface area contributed by atoms with Crippen molar-refractivity contribution in [3.8, 4) is 0 Å². The van der Waals surface area contributed by atoms with Gasteiger partial charge in [0.05, 0.1) is 0 Å². The Balaban J connectivity index is 1.99. The van der Waals surface area contributed by atoms with Crippen molar-refractivity contribution in [1.82, 2.24) is 4.98 Å². The quantitative estimate of drug-likeness (QED) is 0.521. The minimum Gasteiger partial charge on any atom is -0.452 e. The average molecular weight is 291 g/mol. The highest BCUT2D eigenvalue weighted by Crippen LogP contribution is 2.28. The van der Waals surface area contributed by atoms with E-state index < -0.39 is 0 Å². The number of carbonyl (C=O) groups is 1. The topological polar surface area (TPSA) is 43.1 Å². The molecule has 0 atom stereocenters. The van der Waals surface area contributed by atoms with Gasteiger partial charge in [0.15, 0.2) is 5.76 Å². The van der Waals surface area contributed by atoms with E-state index in [1.54, 1.807) is 24.5 Å². The minimum atomic E-state index is -0.116. The number of ketones is 1. The first kappa shape index (κ1) is 14.3. The van der Waals surface area contributed by atoms with Crippen LogP contribution in [0.5, 0.6) is 0 Å². The van der Waals surface area contributed by atoms with Gasteiger partial charge in [0.25, 0.3) is 0 Å². The van der Waals surface area contributed by atoms with E-state index >= 15 is 0 Å². The number of hydrogen-bond donors (Lipinski definition) is 0. The number of carbonyl (C=O) groups excluding carboxylic acids is 1. The molecule has 0 radical (unpaired) electrons. The predicted molar refractivity (Wildman–Crippen MR) is 87.9 cm³/mol. The average Bonchev–Trinajstić information content (AvgIpc) is 2.91. The van der Waals surface area contributed by atoms with Gasteiger partial charge < -0.3 is 4.42 Å². The van der Waals surface area contributed by atoms with Crippen molar-refractivity contribution in [1.29, 1.82) is 0 Å². The van der Waals surface area contributed by atoms with Crippen LogP contribution in [0.4, 0.5) is 0 Å². The van der Waals surface area contributed by atoms with Crippen LogP contribution in [0.15, 0.2) is 53.2 Å². The Morgan fingerprint density at radius 1 is 1.32 bits per heavy atom. The summed E-state index contributed by atoms with van der Waals surface area (Å²) < 4.78 is 5.78. The molecular weight excluding hydrogens is 274 g/mol. The Bertz CT molecular complexity index is 845. The molecule has 0 amide bonds. The molecule has 0 bridgehead atoms. The number of rotatable bonds is 4. The molecule has 0 spiro atoms. The number of furan rings is 1. The van der Waals surface area contributed by atoms with Crippen LogP contribution in [0.3, 0.4) is 0 Å². The Kier molecular flexibility index (Phi) is 3.88. The largest absolute Gasteiger partial charge is 0.452 e. The van der Waals surface area contributed by atoms with Gasteiger partial charge in [0.1, 0.15) is 5.58 Å². The zero-order valence-corrected chi connectivity index (χ0v) is 12.7. The van der Waals surface area contributed by atoms with Gasteiger partial charge in [-0.05, 0) is 49.3 Å². The maximum absolute atomic E-state index is 12.5. The van der Waals surface area contributed by atoms with Crippen molar-refractivity contribution in [2.24, 2.45) is 0 Å². The maximum atomic E-state index is 12.5. The smallest absolute Gasteiger partial charge is 0.221 e. The molecule has 2 heterocycles. The van der Waals surface area contributed by atoms with E-state index in [0.717, 1.165) is 34.1 Å². The molecule has 0 saturated heterocycles. The Morgan fingerprint density at radius 2 is 2.18 bits per heavy atom. The summed E-state index contributed by atoms with van der Waals surface area (Å²) in [4.78, 5) is 16.5. The van der Waals surface area contributed by atoms with Gasteiger partial charge in [-0.1, -0.05) is 24.6 Å². The number of fused-ring (bicyclic) bond motifs is 1. The molecule has 3 aromatic rings. The third-order valence-corrected chi connectivity index (χ3v) is 3.64. The second kappa shape index (κ2) is 5.98. The van der Waals surface area contributed by atoms with E-state index in [4.69, 9.17) is 4.42 Å². The Hall–Kier alpha value is -2.68. The molecule has 110 valence electrons. The van der Waals surface area contributed by atoms with Gasteiger partial charge in [0, 0.05) is 23.3 Å². The summed E-state index contributed by atoms with van der Waals surface area (Å²) in [6, 6.07) is 9.72. The lowest BCUT2D eigenvalue weighted by atomic mass is 10.0. The van der Waals surface area contributed by atoms with Crippen LogP contribution in [0.25, 0.3) is 17.0 Å². The normalized spacial score (nSPS) is 11.4. The van der Waals surface area contributed by atoms with E-state index in [1.807, 2.05) is 38.1 Å². The van der Waals surface area contributed by atoms with Crippen molar-refractivity contribution in [2.45, 2.75) is 20.3 Å². The van der Waals surface area contributed by atoms with Gasteiger partial charge in [-0.25, -0.2) is 0 Å². The van der Waals surface area contributed by atoms with Gasteiger partial charge in [-0.3, -0.25) is 9.78 Å². The van der Waals surface area contributed by atoms with E-state index in [-0.39, 0.29) is 5.78 Å². The summed E-state index contributed by atoms with van der Waals surface area (Å²) in [5.74, 6) is 0.317. The number of nitrogens with zero attached hydrogens (tertiary/aromatic N) is 1. The summed E-state index contributed by atoms with van der Waals surface area (Å²) >= 11 is 0. The lowest BCUT2D eigenvalue weighted by Gasteiger charge is -1.96.